The van der Waals surface area contributed by atoms with Gasteiger partial charge in [-0.1, -0.05) is 25.7 Å². The molecule has 1 aliphatic rings. The zero-order chi connectivity index (χ0) is 15.1. The van der Waals surface area contributed by atoms with Gasteiger partial charge < -0.3 is 14.8 Å². The first kappa shape index (κ1) is 16.0. The van der Waals surface area contributed by atoms with Crippen molar-refractivity contribution < 1.29 is 9.47 Å². The van der Waals surface area contributed by atoms with Crippen LogP contribution in [0.5, 0.6) is 11.8 Å². The summed E-state index contributed by atoms with van der Waals surface area (Å²) in [6, 6.07) is 0.484. The number of aromatic nitrogens is 2. The van der Waals surface area contributed by atoms with E-state index in [-0.39, 0.29) is 0 Å². The molecule has 1 saturated carbocycles. The molecular weight excluding hydrogens is 266 g/mol. The van der Waals surface area contributed by atoms with Crippen LogP contribution < -0.4 is 14.8 Å². The van der Waals surface area contributed by atoms with E-state index < -0.39 is 0 Å². The third kappa shape index (κ3) is 4.30. The molecule has 0 radical (unpaired) electrons. The van der Waals surface area contributed by atoms with Crippen molar-refractivity contribution in [1.82, 2.24) is 15.3 Å². The van der Waals surface area contributed by atoms with E-state index in [1.807, 2.05) is 0 Å². The Balaban J connectivity index is 1.98. The van der Waals surface area contributed by atoms with Crippen molar-refractivity contribution in [2.45, 2.75) is 58.0 Å². The molecule has 0 saturated heterocycles. The number of hydrogen-bond donors (Lipinski definition) is 1. The maximum Gasteiger partial charge on any atom is 0.224 e. The van der Waals surface area contributed by atoms with Crippen molar-refractivity contribution in [1.29, 1.82) is 0 Å². The lowest BCUT2D eigenvalue weighted by Gasteiger charge is -2.24. The van der Waals surface area contributed by atoms with E-state index >= 15 is 0 Å². The van der Waals surface area contributed by atoms with Gasteiger partial charge in [-0.15, -0.1) is 0 Å². The summed E-state index contributed by atoms with van der Waals surface area (Å²) in [5, 5.41) is 3.61. The summed E-state index contributed by atoms with van der Waals surface area (Å²) in [5.74, 6) is 1.93. The van der Waals surface area contributed by atoms with Crippen molar-refractivity contribution in [2.24, 2.45) is 5.92 Å². The highest BCUT2D eigenvalue weighted by Gasteiger charge is 2.20. The summed E-state index contributed by atoms with van der Waals surface area (Å²) in [4.78, 5) is 8.32. The average molecular weight is 293 g/mol. The highest BCUT2D eigenvalue weighted by Crippen LogP contribution is 2.27. The van der Waals surface area contributed by atoms with E-state index in [0.29, 0.717) is 24.3 Å². The van der Waals surface area contributed by atoms with Gasteiger partial charge in [-0.2, -0.15) is 0 Å². The van der Waals surface area contributed by atoms with Crippen LogP contribution in [0.4, 0.5) is 0 Å². The SMILES string of the molecule is COc1ncnc(OC)c1CN[C@H](C)C1CCCCCC1. The number of nitrogens with one attached hydrogen (secondary N) is 1. The number of methoxy groups -OCH3 is 2. The van der Waals surface area contributed by atoms with Gasteiger partial charge in [-0.3, -0.25) is 0 Å². The Hall–Kier alpha value is -1.36. The fraction of sp³-hybridized carbons (Fsp3) is 0.750. The summed E-state index contributed by atoms with van der Waals surface area (Å²) in [7, 11) is 3.25. The molecule has 118 valence electrons. The molecule has 2 rings (SSSR count). The van der Waals surface area contributed by atoms with Gasteiger partial charge in [-0.05, 0) is 25.7 Å². The Kier molecular flexibility index (Phi) is 6.23. The Bertz CT molecular complexity index is 409. The lowest BCUT2D eigenvalue weighted by Crippen LogP contribution is -2.33. The molecule has 5 nitrogen and oxygen atoms in total. The summed E-state index contributed by atoms with van der Waals surface area (Å²) in [5.41, 5.74) is 0.892. The van der Waals surface area contributed by atoms with E-state index in [9.17, 15) is 0 Å². The minimum absolute atomic E-state index is 0.484. The Morgan fingerprint density at radius 1 is 1.10 bits per heavy atom. The molecule has 1 fully saturated rings. The zero-order valence-electron chi connectivity index (χ0n) is 13.4. The minimum atomic E-state index is 0.484. The van der Waals surface area contributed by atoms with Gasteiger partial charge in [-0.25, -0.2) is 9.97 Å². The van der Waals surface area contributed by atoms with Crippen LogP contribution in [0.1, 0.15) is 51.0 Å². The topological polar surface area (TPSA) is 56.3 Å². The highest BCUT2D eigenvalue weighted by molar-refractivity contribution is 5.34. The van der Waals surface area contributed by atoms with E-state index in [2.05, 4.69) is 22.2 Å². The molecule has 0 spiro atoms. The second-order valence-corrected chi connectivity index (χ2v) is 5.79. The molecule has 1 aromatic rings. The van der Waals surface area contributed by atoms with Gasteiger partial charge in [0, 0.05) is 12.6 Å². The standard InChI is InChI=1S/C16H27N3O2/c1-12(13-8-6-4-5-7-9-13)17-10-14-15(20-2)18-11-19-16(14)21-3/h11-13,17H,4-10H2,1-3H3/t12-/m1/s1. The molecule has 21 heavy (non-hydrogen) atoms. The first-order valence-corrected chi connectivity index (χ1v) is 7.91. The van der Waals surface area contributed by atoms with Crippen molar-refractivity contribution in [2.75, 3.05) is 14.2 Å². The van der Waals surface area contributed by atoms with E-state index in [4.69, 9.17) is 9.47 Å². The van der Waals surface area contributed by atoms with Crippen LogP contribution in [-0.4, -0.2) is 30.2 Å². The van der Waals surface area contributed by atoms with E-state index in [1.54, 1.807) is 14.2 Å². The zero-order valence-corrected chi connectivity index (χ0v) is 13.4. The van der Waals surface area contributed by atoms with Crippen LogP contribution in [0.15, 0.2) is 6.33 Å². The minimum Gasteiger partial charge on any atom is -0.481 e. The molecule has 0 aliphatic heterocycles. The largest absolute Gasteiger partial charge is 0.481 e. The van der Waals surface area contributed by atoms with Crippen LogP contribution in [0.25, 0.3) is 0 Å². The number of rotatable bonds is 6. The monoisotopic (exact) mass is 293 g/mol. The van der Waals surface area contributed by atoms with Crippen LogP contribution in [0.3, 0.4) is 0 Å². The molecule has 0 bridgehead atoms. The molecule has 5 heteroatoms. The number of hydrogen-bond acceptors (Lipinski definition) is 5. The molecule has 1 N–H and O–H groups in total. The predicted molar refractivity (Wildman–Crippen MR) is 82.6 cm³/mol. The van der Waals surface area contributed by atoms with Crippen molar-refractivity contribution in [3.05, 3.63) is 11.9 Å². The quantitative estimate of drug-likeness (QED) is 0.817. The van der Waals surface area contributed by atoms with E-state index in [1.165, 1.54) is 44.9 Å². The second-order valence-electron chi connectivity index (χ2n) is 5.79. The molecular formula is C16H27N3O2. The molecule has 0 unspecified atom stereocenters. The van der Waals surface area contributed by atoms with Crippen molar-refractivity contribution in [3.63, 3.8) is 0 Å². The second kappa shape index (κ2) is 8.17. The van der Waals surface area contributed by atoms with Gasteiger partial charge in [0.15, 0.2) is 0 Å². The lowest BCUT2D eigenvalue weighted by molar-refractivity contribution is 0.323. The highest BCUT2D eigenvalue weighted by atomic mass is 16.5. The molecule has 1 heterocycles. The summed E-state index contributed by atoms with van der Waals surface area (Å²) in [6.45, 7) is 2.95. The fourth-order valence-electron chi connectivity index (χ4n) is 3.12. The summed E-state index contributed by atoms with van der Waals surface area (Å²) >= 11 is 0. The predicted octanol–water partition coefficient (Wildman–Crippen LogP) is 2.94. The van der Waals surface area contributed by atoms with Gasteiger partial charge in [0.2, 0.25) is 11.8 Å². The Labute approximate surface area is 127 Å². The van der Waals surface area contributed by atoms with Gasteiger partial charge in [0.25, 0.3) is 0 Å². The molecule has 1 atom stereocenters. The third-order valence-electron chi connectivity index (χ3n) is 4.46. The Morgan fingerprint density at radius 3 is 2.19 bits per heavy atom. The molecule has 0 amide bonds. The first-order chi connectivity index (χ1) is 10.3. The summed E-state index contributed by atoms with van der Waals surface area (Å²) in [6.07, 6.45) is 9.61. The van der Waals surface area contributed by atoms with Crippen LogP contribution in [0, 0.1) is 5.92 Å². The third-order valence-corrected chi connectivity index (χ3v) is 4.46. The molecule has 1 aromatic heterocycles. The maximum absolute atomic E-state index is 5.31. The maximum atomic E-state index is 5.31. The summed E-state index contributed by atoms with van der Waals surface area (Å²) < 4.78 is 10.6. The van der Waals surface area contributed by atoms with Crippen molar-refractivity contribution in [3.8, 4) is 11.8 Å². The Morgan fingerprint density at radius 2 is 1.67 bits per heavy atom. The van der Waals surface area contributed by atoms with Gasteiger partial charge >= 0.3 is 0 Å². The van der Waals surface area contributed by atoms with Crippen LogP contribution in [0.2, 0.25) is 0 Å². The lowest BCUT2D eigenvalue weighted by atomic mass is 9.93. The molecule has 1 aliphatic carbocycles. The van der Waals surface area contributed by atoms with E-state index in [0.717, 1.165) is 11.5 Å². The average Bonchev–Trinajstić information content (AvgIpc) is 2.81. The van der Waals surface area contributed by atoms with Gasteiger partial charge in [0.05, 0.1) is 19.8 Å². The molecule has 0 aromatic carbocycles. The fourth-order valence-corrected chi connectivity index (χ4v) is 3.12. The van der Waals surface area contributed by atoms with Crippen LogP contribution in [-0.2, 0) is 6.54 Å². The van der Waals surface area contributed by atoms with Gasteiger partial charge in [0.1, 0.15) is 6.33 Å². The van der Waals surface area contributed by atoms with Crippen LogP contribution >= 0.6 is 0 Å². The van der Waals surface area contributed by atoms with Crippen molar-refractivity contribution >= 4 is 0 Å². The normalized spacial score (nSPS) is 18.0. The number of ether oxygens (including phenoxy) is 2. The number of nitrogens with zero attached hydrogens (tertiary/aromatic N) is 2. The smallest absolute Gasteiger partial charge is 0.224 e. The first-order valence-electron chi connectivity index (χ1n) is 7.91.